The smallest absolute Gasteiger partial charge is 0.00105 e. The summed E-state index contributed by atoms with van der Waals surface area (Å²) < 4.78 is 0. The number of hydrogen-bond acceptors (Lipinski definition) is 0. The SMILES string of the molecule is CCCCCCCCCCCCCCc1c(CCCCCC)c(CCCCCC)c(CCCCCC)c2c1Cc1ccccc1-2. The van der Waals surface area contributed by atoms with E-state index in [1.165, 1.54) is 186 Å². The Kier molecular flexibility index (Phi) is 20.0. The lowest BCUT2D eigenvalue weighted by Crippen LogP contribution is -2.11. The molecule has 0 radical (unpaired) electrons. The van der Waals surface area contributed by atoms with Crippen LogP contribution in [0, 0.1) is 0 Å². The van der Waals surface area contributed by atoms with Crippen LogP contribution in [0.5, 0.6) is 0 Å². The summed E-state index contributed by atoms with van der Waals surface area (Å²) in [6.07, 6.45) is 40.1. The van der Waals surface area contributed by atoms with Gasteiger partial charge in [-0.05, 0) is 102 Å². The molecule has 3 rings (SSSR count). The number of rotatable bonds is 28. The minimum Gasteiger partial charge on any atom is -0.0654 e. The van der Waals surface area contributed by atoms with Crippen LogP contribution in [0.15, 0.2) is 24.3 Å². The van der Waals surface area contributed by atoms with Crippen LogP contribution in [-0.4, -0.2) is 0 Å². The highest BCUT2D eigenvalue weighted by Gasteiger charge is 2.29. The van der Waals surface area contributed by atoms with E-state index >= 15 is 0 Å². The summed E-state index contributed by atoms with van der Waals surface area (Å²) in [5.41, 5.74) is 13.9. The molecule has 0 N–H and O–H groups in total. The van der Waals surface area contributed by atoms with Crippen molar-refractivity contribution in [3.8, 4) is 11.1 Å². The molecule has 2 aromatic rings. The average molecular weight is 615 g/mol. The molecule has 45 heavy (non-hydrogen) atoms. The molecule has 0 heteroatoms. The summed E-state index contributed by atoms with van der Waals surface area (Å²) in [4.78, 5) is 0. The van der Waals surface area contributed by atoms with Gasteiger partial charge in [-0.1, -0.05) is 180 Å². The molecule has 0 amide bonds. The Bertz CT molecular complexity index is 1040. The van der Waals surface area contributed by atoms with Gasteiger partial charge >= 0.3 is 0 Å². The molecule has 0 unspecified atom stereocenters. The Hall–Kier alpha value is -1.56. The van der Waals surface area contributed by atoms with Crippen LogP contribution < -0.4 is 0 Å². The highest BCUT2D eigenvalue weighted by atomic mass is 14.3. The highest BCUT2D eigenvalue weighted by Crippen LogP contribution is 2.46. The van der Waals surface area contributed by atoms with Crippen LogP contribution in [0.2, 0.25) is 0 Å². The molecule has 0 spiro atoms. The first-order chi connectivity index (χ1) is 22.3. The van der Waals surface area contributed by atoms with Gasteiger partial charge in [0.15, 0.2) is 0 Å². The van der Waals surface area contributed by atoms with Gasteiger partial charge in [0.05, 0.1) is 0 Å². The Morgan fingerprint density at radius 2 is 0.733 bits per heavy atom. The van der Waals surface area contributed by atoms with Gasteiger partial charge in [0.1, 0.15) is 0 Å². The third kappa shape index (κ3) is 12.9. The van der Waals surface area contributed by atoms with E-state index in [4.69, 9.17) is 0 Å². The molecule has 0 fully saturated rings. The van der Waals surface area contributed by atoms with E-state index in [0.29, 0.717) is 0 Å². The van der Waals surface area contributed by atoms with Crippen LogP contribution in [0.1, 0.15) is 215 Å². The van der Waals surface area contributed by atoms with E-state index in [1.54, 1.807) is 27.8 Å². The van der Waals surface area contributed by atoms with Crippen molar-refractivity contribution in [2.45, 2.75) is 214 Å². The Balaban J connectivity index is 1.81. The third-order valence-corrected chi connectivity index (χ3v) is 10.8. The zero-order valence-electron chi connectivity index (χ0n) is 30.8. The molecule has 0 heterocycles. The molecule has 1 aliphatic rings. The van der Waals surface area contributed by atoms with Gasteiger partial charge in [-0.15, -0.1) is 0 Å². The largest absolute Gasteiger partial charge is 0.0654 e. The lowest BCUT2D eigenvalue weighted by molar-refractivity contribution is 0.543. The van der Waals surface area contributed by atoms with Gasteiger partial charge in [-0.3, -0.25) is 0 Å². The Morgan fingerprint density at radius 3 is 1.22 bits per heavy atom. The van der Waals surface area contributed by atoms with Crippen molar-refractivity contribution in [2.75, 3.05) is 0 Å². The number of unbranched alkanes of at least 4 members (excludes halogenated alkanes) is 20. The monoisotopic (exact) mass is 615 g/mol. The summed E-state index contributed by atoms with van der Waals surface area (Å²) in [5.74, 6) is 0. The van der Waals surface area contributed by atoms with Crippen LogP contribution in [0.25, 0.3) is 11.1 Å². The van der Waals surface area contributed by atoms with Gasteiger partial charge < -0.3 is 0 Å². The van der Waals surface area contributed by atoms with E-state index in [-0.39, 0.29) is 0 Å². The standard InChI is InChI=1S/C45H74/c1-5-9-13-17-18-19-20-21-22-23-24-28-35-42-40(33-25-14-10-6-2)41(34-26-15-11-7-3)43(36-27-16-12-8-4)45-39-32-30-29-31-38(39)37-44(42)45/h29-32H,5-28,33-37H2,1-4H3. The van der Waals surface area contributed by atoms with Crippen molar-refractivity contribution in [3.63, 3.8) is 0 Å². The van der Waals surface area contributed by atoms with Gasteiger partial charge in [-0.25, -0.2) is 0 Å². The first-order valence-corrected chi connectivity index (χ1v) is 20.5. The third-order valence-electron chi connectivity index (χ3n) is 10.8. The quantitative estimate of drug-likeness (QED) is 0.0714. The summed E-state index contributed by atoms with van der Waals surface area (Å²) in [5, 5.41) is 0. The molecule has 0 saturated heterocycles. The fraction of sp³-hybridized carbons (Fsp3) is 0.733. The Morgan fingerprint density at radius 1 is 0.378 bits per heavy atom. The minimum atomic E-state index is 1.18. The number of benzene rings is 2. The van der Waals surface area contributed by atoms with Gasteiger partial charge in [-0.2, -0.15) is 0 Å². The maximum atomic E-state index is 2.46. The molecular formula is C45H74. The molecular weight excluding hydrogens is 540 g/mol. The fourth-order valence-corrected chi connectivity index (χ4v) is 8.17. The second kappa shape index (κ2) is 23.7. The molecule has 0 saturated carbocycles. The highest BCUT2D eigenvalue weighted by molar-refractivity contribution is 5.83. The Labute approximate surface area is 282 Å². The van der Waals surface area contributed by atoms with Crippen LogP contribution in [-0.2, 0) is 32.1 Å². The van der Waals surface area contributed by atoms with E-state index < -0.39 is 0 Å². The second-order valence-corrected chi connectivity index (χ2v) is 14.7. The molecule has 0 bridgehead atoms. The van der Waals surface area contributed by atoms with Crippen molar-refractivity contribution in [2.24, 2.45) is 0 Å². The molecule has 0 nitrogen and oxygen atoms in total. The van der Waals surface area contributed by atoms with Crippen LogP contribution in [0.4, 0.5) is 0 Å². The summed E-state index contributed by atoms with van der Waals surface area (Å²) in [7, 11) is 0. The summed E-state index contributed by atoms with van der Waals surface area (Å²) >= 11 is 0. The van der Waals surface area contributed by atoms with Crippen molar-refractivity contribution in [3.05, 3.63) is 57.6 Å². The predicted molar refractivity (Wildman–Crippen MR) is 203 cm³/mol. The summed E-state index contributed by atoms with van der Waals surface area (Å²) in [6, 6.07) is 9.49. The van der Waals surface area contributed by atoms with Crippen molar-refractivity contribution < 1.29 is 0 Å². The lowest BCUT2D eigenvalue weighted by Gasteiger charge is -2.25. The molecule has 0 aliphatic heterocycles. The maximum absolute atomic E-state index is 2.46. The van der Waals surface area contributed by atoms with E-state index in [1.807, 2.05) is 16.7 Å². The zero-order valence-corrected chi connectivity index (χ0v) is 30.8. The van der Waals surface area contributed by atoms with Crippen LogP contribution >= 0.6 is 0 Å². The minimum absolute atomic E-state index is 1.18. The average Bonchev–Trinajstić information content (AvgIpc) is 3.44. The normalized spacial score (nSPS) is 12.2. The maximum Gasteiger partial charge on any atom is -0.00105 e. The van der Waals surface area contributed by atoms with Gasteiger partial charge in [0.2, 0.25) is 0 Å². The molecule has 0 atom stereocenters. The lowest BCUT2D eigenvalue weighted by atomic mass is 9.79. The van der Waals surface area contributed by atoms with Crippen molar-refractivity contribution >= 4 is 0 Å². The molecule has 254 valence electrons. The summed E-state index contributed by atoms with van der Waals surface area (Å²) in [6.45, 7) is 9.39. The van der Waals surface area contributed by atoms with E-state index in [2.05, 4.69) is 52.0 Å². The second-order valence-electron chi connectivity index (χ2n) is 14.7. The fourth-order valence-electron chi connectivity index (χ4n) is 8.17. The number of fused-ring (bicyclic) bond motifs is 3. The first-order valence-electron chi connectivity index (χ1n) is 20.5. The molecule has 2 aromatic carbocycles. The first kappa shape index (κ1) is 37.9. The predicted octanol–water partition coefficient (Wildman–Crippen LogP) is 14.9. The van der Waals surface area contributed by atoms with Gasteiger partial charge in [0.25, 0.3) is 0 Å². The van der Waals surface area contributed by atoms with E-state index in [9.17, 15) is 0 Å². The topological polar surface area (TPSA) is 0 Å². The number of hydrogen-bond donors (Lipinski definition) is 0. The van der Waals surface area contributed by atoms with Crippen LogP contribution in [0.3, 0.4) is 0 Å². The van der Waals surface area contributed by atoms with Crippen molar-refractivity contribution in [1.82, 2.24) is 0 Å². The molecule has 0 aromatic heterocycles. The van der Waals surface area contributed by atoms with Gasteiger partial charge in [0, 0.05) is 0 Å². The van der Waals surface area contributed by atoms with E-state index in [0.717, 1.165) is 0 Å². The van der Waals surface area contributed by atoms with Crippen molar-refractivity contribution in [1.29, 1.82) is 0 Å². The molecule has 1 aliphatic carbocycles. The zero-order chi connectivity index (χ0) is 32.0.